The number of benzene rings is 1. The molecule has 5 aromatic rings. The lowest BCUT2D eigenvalue weighted by molar-refractivity contribution is 0.570. The average Bonchev–Trinajstić information content (AvgIpc) is 3.24. The van der Waals surface area contributed by atoms with Crippen molar-refractivity contribution in [1.29, 1.82) is 0 Å². The van der Waals surface area contributed by atoms with Gasteiger partial charge in [-0.3, -0.25) is 9.71 Å². The van der Waals surface area contributed by atoms with Crippen LogP contribution < -0.4 is 4.72 Å². The highest BCUT2D eigenvalue weighted by Crippen LogP contribution is 2.33. The van der Waals surface area contributed by atoms with Gasteiger partial charge in [0.2, 0.25) is 0 Å². The first kappa shape index (κ1) is 21.0. The summed E-state index contributed by atoms with van der Waals surface area (Å²) in [7, 11) is -4.21. The molecule has 5 rings (SSSR count). The molecule has 0 saturated carbocycles. The van der Waals surface area contributed by atoms with Crippen LogP contribution in [0.25, 0.3) is 33.3 Å². The van der Waals surface area contributed by atoms with Crippen LogP contribution in [-0.4, -0.2) is 28.4 Å². The Morgan fingerprint density at radius 3 is 2.45 bits per heavy atom. The van der Waals surface area contributed by atoms with Gasteiger partial charge in [-0.05, 0) is 42.0 Å². The Morgan fingerprint density at radius 1 is 0.939 bits per heavy atom. The molecule has 0 fully saturated rings. The molecule has 7 nitrogen and oxygen atoms in total. The molecule has 0 bridgehead atoms. The van der Waals surface area contributed by atoms with E-state index in [1.807, 2.05) is 24.4 Å². The molecule has 2 N–H and O–H groups in total. The second kappa shape index (κ2) is 8.27. The van der Waals surface area contributed by atoms with Gasteiger partial charge in [-0.25, -0.2) is 22.8 Å². The van der Waals surface area contributed by atoms with E-state index in [1.54, 1.807) is 18.6 Å². The van der Waals surface area contributed by atoms with Crippen LogP contribution in [0.3, 0.4) is 0 Å². The van der Waals surface area contributed by atoms with Crippen molar-refractivity contribution in [2.75, 3.05) is 4.72 Å². The van der Waals surface area contributed by atoms with Crippen molar-refractivity contribution < 1.29 is 12.8 Å². The van der Waals surface area contributed by atoms with Crippen LogP contribution in [0.1, 0.15) is 0 Å². The van der Waals surface area contributed by atoms with Crippen LogP contribution in [-0.2, 0) is 10.0 Å². The van der Waals surface area contributed by atoms with Gasteiger partial charge < -0.3 is 4.98 Å². The molecular formula is C23H15ClFN5O2S. The molecule has 164 valence electrons. The number of nitrogens with zero attached hydrogens (tertiary/aromatic N) is 3. The van der Waals surface area contributed by atoms with Gasteiger partial charge in [0.1, 0.15) is 16.4 Å². The second-order valence-electron chi connectivity index (χ2n) is 7.16. The topological polar surface area (TPSA) is 101 Å². The number of nitrogens with one attached hydrogen (secondary N) is 2. The molecule has 0 spiro atoms. The zero-order valence-corrected chi connectivity index (χ0v) is 18.4. The third kappa shape index (κ3) is 4.04. The Hall–Kier alpha value is -3.82. The highest BCUT2D eigenvalue weighted by molar-refractivity contribution is 7.92. The zero-order valence-electron chi connectivity index (χ0n) is 16.8. The van der Waals surface area contributed by atoms with Crippen molar-refractivity contribution in [2.24, 2.45) is 0 Å². The standard InChI is InChI=1S/C23H15ClFN5O2S/c24-22-20(30-33(31,32)21-4-2-1-3-19(21)25)10-16(11-27-22)15-9-17-18(13-29-23(17)28-12-15)14-5-7-26-8-6-14/h1-13,30H,(H,28,29). The van der Waals surface area contributed by atoms with E-state index in [0.29, 0.717) is 16.8 Å². The maximum atomic E-state index is 14.0. The minimum atomic E-state index is -4.21. The molecule has 0 saturated heterocycles. The van der Waals surface area contributed by atoms with Crippen LogP contribution in [0.5, 0.6) is 0 Å². The number of aromatic amines is 1. The summed E-state index contributed by atoms with van der Waals surface area (Å²) < 4.78 is 41.8. The lowest BCUT2D eigenvalue weighted by atomic mass is 10.0. The maximum absolute atomic E-state index is 14.0. The third-order valence-electron chi connectivity index (χ3n) is 5.07. The van der Waals surface area contributed by atoms with E-state index in [0.717, 1.165) is 22.6 Å². The molecule has 0 aliphatic rings. The monoisotopic (exact) mass is 479 g/mol. The molecule has 0 aliphatic carbocycles. The molecule has 4 heterocycles. The van der Waals surface area contributed by atoms with Crippen molar-refractivity contribution >= 4 is 38.3 Å². The lowest BCUT2D eigenvalue weighted by Crippen LogP contribution is -2.15. The number of rotatable bonds is 5. The summed E-state index contributed by atoms with van der Waals surface area (Å²) in [4.78, 5) is 15.3. The van der Waals surface area contributed by atoms with Gasteiger partial charge in [0, 0.05) is 53.1 Å². The van der Waals surface area contributed by atoms with E-state index in [4.69, 9.17) is 11.6 Å². The predicted octanol–water partition coefficient (Wildman–Crippen LogP) is 5.28. The fourth-order valence-corrected chi connectivity index (χ4v) is 4.82. The van der Waals surface area contributed by atoms with E-state index in [1.165, 1.54) is 30.5 Å². The SMILES string of the molecule is O=S(=O)(Nc1cc(-c2cnc3[nH]cc(-c4ccncc4)c3c2)cnc1Cl)c1ccccc1F. The third-order valence-corrected chi connectivity index (χ3v) is 6.77. The quantitative estimate of drug-likeness (QED) is 0.334. The molecule has 1 aromatic carbocycles. The van der Waals surface area contributed by atoms with E-state index in [2.05, 4.69) is 24.7 Å². The van der Waals surface area contributed by atoms with Crippen LogP contribution >= 0.6 is 11.6 Å². The van der Waals surface area contributed by atoms with Crippen molar-refractivity contribution in [3.05, 3.63) is 90.5 Å². The largest absolute Gasteiger partial charge is 0.346 e. The van der Waals surface area contributed by atoms with Crippen LogP contribution in [0.4, 0.5) is 10.1 Å². The number of fused-ring (bicyclic) bond motifs is 1. The van der Waals surface area contributed by atoms with E-state index in [9.17, 15) is 12.8 Å². The number of H-pyrrole nitrogens is 1. The molecule has 0 atom stereocenters. The fraction of sp³-hybridized carbons (Fsp3) is 0. The molecular weight excluding hydrogens is 465 g/mol. The minimum absolute atomic E-state index is 0.0287. The number of halogens is 2. The Morgan fingerprint density at radius 2 is 1.67 bits per heavy atom. The first-order valence-corrected chi connectivity index (χ1v) is 11.6. The van der Waals surface area contributed by atoms with E-state index in [-0.39, 0.29) is 10.8 Å². The Bertz CT molecular complexity index is 1590. The van der Waals surface area contributed by atoms with Crippen molar-refractivity contribution in [3.63, 3.8) is 0 Å². The molecule has 0 aliphatic heterocycles. The molecule has 0 radical (unpaired) electrons. The van der Waals surface area contributed by atoms with Crippen molar-refractivity contribution in [1.82, 2.24) is 19.9 Å². The van der Waals surface area contributed by atoms with Gasteiger partial charge >= 0.3 is 0 Å². The van der Waals surface area contributed by atoms with Crippen LogP contribution in [0.2, 0.25) is 5.15 Å². The van der Waals surface area contributed by atoms with Gasteiger partial charge in [-0.2, -0.15) is 0 Å². The highest BCUT2D eigenvalue weighted by Gasteiger charge is 2.20. The zero-order chi connectivity index (χ0) is 23.0. The Balaban J connectivity index is 1.55. The summed E-state index contributed by atoms with van der Waals surface area (Å²) >= 11 is 6.14. The van der Waals surface area contributed by atoms with Crippen LogP contribution in [0.15, 0.2) is 84.4 Å². The number of hydrogen-bond acceptors (Lipinski definition) is 5. The van der Waals surface area contributed by atoms with Crippen molar-refractivity contribution in [3.8, 4) is 22.3 Å². The van der Waals surface area contributed by atoms with Crippen LogP contribution in [0, 0.1) is 5.82 Å². The molecule has 33 heavy (non-hydrogen) atoms. The predicted molar refractivity (Wildman–Crippen MR) is 125 cm³/mol. The summed E-state index contributed by atoms with van der Waals surface area (Å²) in [6.07, 6.45) is 8.45. The maximum Gasteiger partial charge on any atom is 0.264 e. The normalized spacial score (nSPS) is 11.6. The van der Waals surface area contributed by atoms with Gasteiger partial charge in [-0.1, -0.05) is 23.7 Å². The first-order valence-electron chi connectivity index (χ1n) is 9.73. The Kier molecular flexibility index (Phi) is 5.27. The fourth-order valence-electron chi connectivity index (χ4n) is 3.47. The molecule has 0 amide bonds. The molecule has 4 aromatic heterocycles. The lowest BCUT2D eigenvalue weighted by Gasteiger charge is -2.11. The Labute approximate surface area is 193 Å². The number of hydrogen-bond donors (Lipinski definition) is 2. The first-order chi connectivity index (χ1) is 15.9. The van der Waals surface area contributed by atoms with Crippen molar-refractivity contribution in [2.45, 2.75) is 4.90 Å². The number of sulfonamides is 1. The average molecular weight is 480 g/mol. The minimum Gasteiger partial charge on any atom is -0.346 e. The number of pyridine rings is 3. The summed E-state index contributed by atoms with van der Waals surface area (Å²) in [5.74, 6) is -0.865. The van der Waals surface area contributed by atoms with E-state index >= 15 is 0 Å². The molecule has 10 heteroatoms. The van der Waals surface area contributed by atoms with Gasteiger partial charge in [-0.15, -0.1) is 0 Å². The summed E-state index contributed by atoms with van der Waals surface area (Å²) in [5, 5.41) is 0.814. The highest BCUT2D eigenvalue weighted by atomic mass is 35.5. The van der Waals surface area contributed by atoms with Gasteiger partial charge in [0.15, 0.2) is 5.15 Å². The van der Waals surface area contributed by atoms with E-state index < -0.39 is 20.7 Å². The van der Waals surface area contributed by atoms with Gasteiger partial charge in [0.05, 0.1) is 5.69 Å². The molecule has 0 unspecified atom stereocenters. The van der Waals surface area contributed by atoms with Gasteiger partial charge in [0.25, 0.3) is 10.0 Å². The summed E-state index contributed by atoms with van der Waals surface area (Å²) in [6.45, 7) is 0. The smallest absolute Gasteiger partial charge is 0.264 e. The number of anilines is 1. The summed E-state index contributed by atoms with van der Waals surface area (Å²) in [6, 6.07) is 12.4. The summed E-state index contributed by atoms with van der Waals surface area (Å²) in [5.41, 5.74) is 3.94. The number of aromatic nitrogens is 4. The second-order valence-corrected chi connectivity index (χ2v) is 9.17.